The molecule has 112 valence electrons. The van der Waals surface area contributed by atoms with Gasteiger partial charge in [-0.25, -0.2) is 4.39 Å². The Morgan fingerprint density at radius 2 is 1.75 bits per heavy atom. The van der Waals surface area contributed by atoms with Crippen LogP contribution in [0.2, 0.25) is 0 Å². The van der Waals surface area contributed by atoms with Crippen molar-refractivity contribution >= 4 is 0 Å². The van der Waals surface area contributed by atoms with Gasteiger partial charge in [0.2, 0.25) is 0 Å². The molecule has 0 bridgehead atoms. The Kier molecular flexibility index (Phi) is 4.37. The Labute approximate surface area is 116 Å². The predicted octanol–water partition coefficient (Wildman–Crippen LogP) is 4.67. The first-order valence-electron chi connectivity index (χ1n) is 6.91. The quantitative estimate of drug-likeness (QED) is 0.787. The molecule has 1 fully saturated rings. The Balaban J connectivity index is 2.15. The molecule has 0 radical (unpaired) electrons. The van der Waals surface area contributed by atoms with Gasteiger partial charge in [0, 0.05) is 6.04 Å². The molecule has 0 aliphatic heterocycles. The molecular formula is C15H19F4N. The zero-order valence-corrected chi connectivity index (χ0v) is 11.4. The third-order valence-corrected chi connectivity index (χ3v) is 4.25. The third-order valence-electron chi connectivity index (χ3n) is 4.25. The lowest BCUT2D eigenvalue weighted by Crippen LogP contribution is -2.25. The van der Waals surface area contributed by atoms with Crippen molar-refractivity contribution in [2.45, 2.75) is 44.8 Å². The maximum atomic E-state index is 13.6. The van der Waals surface area contributed by atoms with Gasteiger partial charge in [0.05, 0.1) is 5.56 Å². The van der Waals surface area contributed by atoms with E-state index in [1.165, 1.54) is 6.07 Å². The molecule has 20 heavy (non-hydrogen) atoms. The molecule has 0 saturated heterocycles. The summed E-state index contributed by atoms with van der Waals surface area (Å²) in [6.45, 7) is 2.18. The Morgan fingerprint density at radius 3 is 2.25 bits per heavy atom. The van der Waals surface area contributed by atoms with E-state index in [4.69, 9.17) is 5.73 Å². The molecule has 1 atom stereocenters. The van der Waals surface area contributed by atoms with E-state index in [-0.39, 0.29) is 12.0 Å². The number of alkyl halides is 3. The number of nitrogens with two attached hydrogens (primary N) is 1. The Hall–Kier alpha value is -1.10. The van der Waals surface area contributed by atoms with Crippen LogP contribution in [0.5, 0.6) is 0 Å². The summed E-state index contributed by atoms with van der Waals surface area (Å²) in [5.74, 6) is -0.347. The zero-order chi connectivity index (χ0) is 14.9. The van der Waals surface area contributed by atoms with Crippen LogP contribution in [0.1, 0.15) is 49.8 Å². The van der Waals surface area contributed by atoms with Crippen LogP contribution in [0, 0.1) is 17.7 Å². The molecule has 0 heterocycles. The van der Waals surface area contributed by atoms with E-state index in [9.17, 15) is 17.6 Å². The fourth-order valence-electron chi connectivity index (χ4n) is 2.89. The van der Waals surface area contributed by atoms with Crippen LogP contribution in [0.4, 0.5) is 17.6 Å². The van der Waals surface area contributed by atoms with Crippen LogP contribution in [0.25, 0.3) is 0 Å². The summed E-state index contributed by atoms with van der Waals surface area (Å²) in [5.41, 5.74) is 5.32. The molecule has 0 aromatic heterocycles. The van der Waals surface area contributed by atoms with Crippen LogP contribution in [-0.4, -0.2) is 0 Å². The second-order valence-corrected chi connectivity index (χ2v) is 5.78. The molecule has 1 aromatic carbocycles. The first-order chi connectivity index (χ1) is 9.29. The lowest BCUT2D eigenvalue weighted by atomic mass is 9.77. The molecule has 1 aliphatic rings. The van der Waals surface area contributed by atoms with Gasteiger partial charge in [-0.05, 0) is 42.4 Å². The minimum absolute atomic E-state index is 0.224. The molecule has 0 spiro atoms. The highest BCUT2D eigenvalue weighted by Gasteiger charge is 2.34. The highest BCUT2D eigenvalue weighted by molar-refractivity contribution is 5.28. The topological polar surface area (TPSA) is 26.0 Å². The van der Waals surface area contributed by atoms with Crippen LogP contribution < -0.4 is 5.73 Å². The predicted molar refractivity (Wildman–Crippen MR) is 69.5 cm³/mol. The van der Waals surface area contributed by atoms with Crippen molar-refractivity contribution in [2.75, 3.05) is 0 Å². The molecule has 1 nitrogen and oxygen atoms in total. The molecule has 2 rings (SSSR count). The van der Waals surface area contributed by atoms with Crippen molar-refractivity contribution in [1.82, 2.24) is 0 Å². The summed E-state index contributed by atoms with van der Waals surface area (Å²) >= 11 is 0. The van der Waals surface area contributed by atoms with Gasteiger partial charge in [-0.2, -0.15) is 13.2 Å². The van der Waals surface area contributed by atoms with Gasteiger partial charge in [0.25, 0.3) is 0 Å². The minimum atomic E-state index is -4.66. The lowest BCUT2D eigenvalue weighted by Gasteiger charge is -2.31. The molecule has 2 N–H and O–H groups in total. The standard InChI is InChI=1S/C15H19F4N/c1-9-2-4-10(5-3-9)14(20)11-6-7-12(13(16)8-11)15(17,18)19/h6-10,14H,2-5,20H2,1H3. The highest BCUT2D eigenvalue weighted by Crippen LogP contribution is 2.37. The van der Waals surface area contributed by atoms with Crippen molar-refractivity contribution in [1.29, 1.82) is 0 Å². The summed E-state index contributed by atoms with van der Waals surface area (Å²) in [6.07, 6.45) is -0.619. The number of rotatable bonds is 2. The number of hydrogen-bond donors (Lipinski definition) is 1. The monoisotopic (exact) mass is 289 g/mol. The van der Waals surface area contributed by atoms with Crippen LogP contribution in [0.15, 0.2) is 18.2 Å². The summed E-state index contributed by atoms with van der Waals surface area (Å²) < 4.78 is 51.1. The second kappa shape index (κ2) is 5.72. The maximum absolute atomic E-state index is 13.6. The average Bonchev–Trinajstić information content (AvgIpc) is 2.37. The highest BCUT2D eigenvalue weighted by atomic mass is 19.4. The van der Waals surface area contributed by atoms with Crippen molar-refractivity contribution in [3.8, 4) is 0 Å². The third kappa shape index (κ3) is 3.32. The van der Waals surface area contributed by atoms with Crippen LogP contribution in [-0.2, 0) is 6.18 Å². The maximum Gasteiger partial charge on any atom is 0.419 e. The molecule has 1 unspecified atom stereocenters. The largest absolute Gasteiger partial charge is 0.419 e. The van der Waals surface area contributed by atoms with Gasteiger partial charge in [-0.3, -0.25) is 0 Å². The summed E-state index contributed by atoms with van der Waals surface area (Å²) in [5, 5.41) is 0. The lowest BCUT2D eigenvalue weighted by molar-refractivity contribution is -0.140. The van der Waals surface area contributed by atoms with E-state index in [1.807, 2.05) is 0 Å². The number of halogens is 4. The van der Waals surface area contributed by atoms with Gasteiger partial charge in [-0.15, -0.1) is 0 Å². The zero-order valence-electron chi connectivity index (χ0n) is 11.4. The molecule has 1 saturated carbocycles. The first kappa shape index (κ1) is 15.3. The molecular weight excluding hydrogens is 270 g/mol. The van der Waals surface area contributed by atoms with Crippen molar-refractivity contribution < 1.29 is 17.6 Å². The molecule has 1 aromatic rings. The van der Waals surface area contributed by atoms with E-state index < -0.39 is 17.6 Å². The van der Waals surface area contributed by atoms with Gasteiger partial charge < -0.3 is 5.73 Å². The minimum Gasteiger partial charge on any atom is -0.324 e. The smallest absolute Gasteiger partial charge is 0.324 e. The Morgan fingerprint density at radius 1 is 1.15 bits per heavy atom. The van der Waals surface area contributed by atoms with E-state index in [0.717, 1.165) is 37.8 Å². The molecule has 0 amide bonds. The average molecular weight is 289 g/mol. The van der Waals surface area contributed by atoms with Gasteiger partial charge >= 0.3 is 6.18 Å². The summed E-state index contributed by atoms with van der Waals surface area (Å²) in [6, 6.07) is 2.63. The molecule has 1 aliphatic carbocycles. The van der Waals surface area contributed by atoms with E-state index in [1.54, 1.807) is 0 Å². The van der Waals surface area contributed by atoms with E-state index >= 15 is 0 Å². The van der Waals surface area contributed by atoms with Crippen molar-refractivity contribution in [2.24, 2.45) is 17.6 Å². The van der Waals surface area contributed by atoms with E-state index in [0.29, 0.717) is 11.5 Å². The Bertz CT molecular complexity index is 461. The molecule has 5 heteroatoms. The van der Waals surface area contributed by atoms with E-state index in [2.05, 4.69) is 6.92 Å². The summed E-state index contributed by atoms with van der Waals surface area (Å²) in [4.78, 5) is 0. The second-order valence-electron chi connectivity index (χ2n) is 5.78. The van der Waals surface area contributed by atoms with Gasteiger partial charge in [-0.1, -0.05) is 25.8 Å². The van der Waals surface area contributed by atoms with Crippen molar-refractivity contribution in [3.63, 3.8) is 0 Å². The SMILES string of the molecule is CC1CCC(C(N)c2ccc(C(F)(F)F)c(F)c2)CC1. The number of benzene rings is 1. The fraction of sp³-hybridized carbons (Fsp3) is 0.600. The van der Waals surface area contributed by atoms with Gasteiger partial charge in [0.1, 0.15) is 5.82 Å². The summed E-state index contributed by atoms with van der Waals surface area (Å²) in [7, 11) is 0. The van der Waals surface area contributed by atoms with Crippen LogP contribution >= 0.6 is 0 Å². The normalized spacial score (nSPS) is 25.5. The van der Waals surface area contributed by atoms with Gasteiger partial charge in [0.15, 0.2) is 0 Å². The fourth-order valence-corrected chi connectivity index (χ4v) is 2.89. The first-order valence-corrected chi connectivity index (χ1v) is 6.91. The van der Waals surface area contributed by atoms with Crippen molar-refractivity contribution in [3.05, 3.63) is 35.1 Å². The van der Waals surface area contributed by atoms with Crippen LogP contribution in [0.3, 0.4) is 0 Å². The number of hydrogen-bond acceptors (Lipinski definition) is 1.